The van der Waals surface area contributed by atoms with Crippen LogP contribution in [0.25, 0.3) is 10.9 Å². The minimum Gasteiger partial charge on any atom is -0.476 e. The number of hydrogen-bond donors (Lipinski definition) is 2. The first kappa shape index (κ1) is 15.6. The van der Waals surface area contributed by atoms with Gasteiger partial charge in [-0.3, -0.25) is 4.79 Å². The molecule has 3 heterocycles. The third-order valence-corrected chi connectivity index (χ3v) is 4.06. The lowest BCUT2D eigenvalue weighted by Gasteiger charge is -2.21. The Bertz CT molecular complexity index is 923. The number of H-pyrrole nitrogens is 1. The van der Waals surface area contributed by atoms with Gasteiger partial charge >= 0.3 is 6.18 Å². The topological polar surface area (TPSA) is 71.9 Å². The lowest BCUT2D eigenvalue weighted by molar-refractivity contribution is -0.155. The molecule has 1 unspecified atom stereocenters. The van der Waals surface area contributed by atoms with E-state index in [2.05, 4.69) is 10.1 Å². The molecule has 0 saturated heterocycles. The molecule has 0 spiro atoms. The van der Waals surface area contributed by atoms with Crippen molar-refractivity contribution in [2.45, 2.75) is 18.8 Å². The number of carbonyl (C=O) groups is 1. The summed E-state index contributed by atoms with van der Waals surface area (Å²) in [5.74, 6) is -0.529. The molecular weight excluding hydrogens is 337 g/mol. The number of fused-ring (bicyclic) bond motifs is 2. The summed E-state index contributed by atoms with van der Waals surface area (Å²) < 4.78 is 47.4. The lowest BCUT2D eigenvalue weighted by atomic mass is 10.1. The summed E-state index contributed by atoms with van der Waals surface area (Å²) in [5, 5.41) is 6.42. The lowest BCUT2D eigenvalue weighted by Crippen LogP contribution is -2.38. The molecule has 6 nitrogen and oxygen atoms in total. The number of amides is 1. The van der Waals surface area contributed by atoms with Crippen LogP contribution >= 0.6 is 0 Å². The average Bonchev–Trinajstić information content (AvgIpc) is 3.25. The number of alkyl halides is 3. The van der Waals surface area contributed by atoms with E-state index in [1.807, 2.05) is 5.32 Å². The molecule has 2 N–H and O–H groups in total. The molecule has 0 bridgehead atoms. The summed E-state index contributed by atoms with van der Waals surface area (Å²) in [7, 11) is 0. The van der Waals surface area contributed by atoms with Crippen LogP contribution in [0.3, 0.4) is 0 Å². The van der Waals surface area contributed by atoms with Gasteiger partial charge in [0.1, 0.15) is 6.61 Å². The van der Waals surface area contributed by atoms with E-state index in [4.69, 9.17) is 4.74 Å². The summed E-state index contributed by atoms with van der Waals surface area (Å²) in [6.07, 6.45) is -3.39. The first-order chi connectivity index (χ1) is 11.9. The van der Waals surface area contributed by atoms with Gasteiger partial charge in [-0.1, -0.05) is 18.2 Å². The van der Waals surface area contributed by atoms with Crippen LogP contribution < -0.4 is 10.1 Å². The molecule has 130 valence electrons. The Morgan fingerprint density at radius 1 is 1.36 bits per heavy atom. The predicted molar refractivity (Wildman–Crippen MR) is 82.3 cm³/mol. The number of nitrogens with zero attached hydrogens (tertiary/aromatic N) is 2. The number of carbonyl (C=O) groups excluding carboxylic acids is 1. The summed E-state index contributed by atoms with van der Waals surface area (Å²) >= 11 is 0. The summed E-state index contributed by atoms with van der Waals surface area (Å²) in [4.78, 5) is 15.1. The van der Waals surface area contributed by atoms with Gasteiger partial charge in [0.15, 0.2) is 11.7 Å². The van der Waals surface area contributed by atoms with Crippen LogP contribution in [-0.4, -0.2) is 33.5 Å². The van der Waals surface area contributed by atoms with Crippen molar-refractivity contribution < 1.29 is 22.7 Å². The Morgan fingerprint density at radius 3 is 2.92 bits per heavy atom. The fraction of sp³-hybridized carbons (Fsp3) is 0.250. The van der Waals surface area contributed by atoms with Gasteiger partial charge in [0.2, 0.25) is 5.88 Å². The molecule has 4 rings (SSSR count). The quantitative estimate of drug-likeness (QED) is 0.763. The predicted octanol–water partition coefficient (Wildman–Crippen LogP) is 2.79. The third kappa shape index (κ3) is 2.71. The molecule has 3 aromatic rings. The van der Waals surface area contributed by atoms with Crippen LogP contribution in [0, 0.1) is 0 Å². The smallest absolute Gasteiger partial charge is 0.412 e. The minimum absolute atomic E-state index is 0.0422. The first-order valence-electron chi connectivity index (χ1n) is 7.58. The second-order valence-electron chi connectivity index (χ2n) is 5.68. The molecule has 0 radical (unpaired) electrons. The number of rotatable bonds is 3. The van der Waals surface area contributed by atoms with Crippen molar-refractivity contribution in [1.29, 1.82) is 0 Å². The molecule has 1 amide bonds. The van der Waals surface area contributed by atoms with Gasteiger partial charge in [-0.25, -0.2) is 4.68 Å². The van der Waals surface area contributed by atoms with Crippen LogP contribution in [-0.2, 0) is 6.54 Å². The van der Waals surface area contributed by atoms with Crippen molar-refractivity contribution in [3.63, 3.8) is 0 Å². The zero-order chi connectivity index (χ0) is 17.6. The Balaban J connectivity index is 1.66. The van der Waals surface area contributed by atoms with Gasteiger partial charge in [-0.15, -0.1) is 0 Å². The highest BCUT2D eigenvalue weighted by atomic mass is 19.4. The van der Waals surface area contributed by atoms with Gasteiger partial charge in [0.25, 0.3) is 5.91 Å². The van der Waals surface area contributed by atoms with Gasteiger partial charge < -0.3 is 15.0 Å². The van der Waals surface area contributed by atoms with Gasteiger partial charge in [0.05, 0.1) is 6.54 Å². The number of ether oxygens (including phenoxy) is 1. The molecule has 1 aliphatic heterocycles. The molecule has 25 heavy (non-hydrogen) atoms. The van der Waals surface area contributed by atoms with E-state index in [9.17, 15) is 18.0 Å². The maximum Gasteiger partial charge on any atom is 0.412 e. The van der Waals surface area contributed by atoms with Gasteiger partial charge in [-0.05, 0) is 6.07 Å². The molecule has 0 aliphatic carbocycles. The van der Waals surface area contributed by atoms with E-state index >= 15 is 0 Å². The molecule has 1 atom stereocenters. The maximum atomic E-state index is 13.6. The number of aromatic amines is 1. The molecular formula is C16H13F3N4O2. The zero-order valence-electron chi connectivity index (χ0n) is 12.8. The SMILES string of the molecule is O=C(NC(c1c[nH]c2ccccc12)C(F)(F)F)c1cc2n(n1)CCO2. The number of para-hydroxylation sites is 1. The van der Waals surface area contributed by atoms with Crippen LogP contribution in [0.15, 0.2) is 36.5 Å². The van der Waals surface area contributed by atoms with Crippen LogP contribution in [0.1, 0.15) is 22.1 Å². The number of hydrogen-bond acceptors (Lipinski definition) is 3. The Hall–Kier alpha value is -2.97. The second-order valence-corrected chi connectivity index (χ2v) is 5.68. The van der Waals surface area contributed by atoms with Crippen molar-refractivity contribution in [3.05, 3.63) is 47.8 Å². The van der Waals surface area contributed by atoms with Crippen molar-refractivity contribution in [2.75, 3.05) is 6.61 Å². The van der Waals surface area contributed by atoms with Crippen LogP contribution in [0.2, 0.25) is 0 Å². The molecule has 9 heteroatoms. The van der Waals surface area contributed by atoms with E-state index < -0.39 is 18.1 Å². The first-order valence-corrected chi connectivity index (χ1v) is 7.58. The number of halogens is 3. The number of benzene rings is 1. The highest BCUT2D eigenvalue weighted by Crippen LogP contribution is 2.36. The standard InChI is InChI=1S/C16H13F3N4O2/c17-16(18,19)14(10-8-20-11-4-2-1-3-9(10)11)21-15(24)12-7-13-23(22-12)5-6-25-13/h1-4,7-8,14,20H,5-6H2,(H,21,24). The van der Waals surface area contributed by atoms with E-state index in [0.29, 0.717) is 29.9 Å². The van der Waals surface area contributed by atoms with Gasteiger partial charge in [0, 0.05) is 28.7 Å². The van der Waals surface area contributed by atoms with E-state index in [0.717, 1.165) is 0 Å². The zero-order valence-corrected chi connectivity index (χ0v) is 12.8. The molecule has 0 saturated carbocycles. The summed E-state index contributed by atoms with van der Waals surface area (Å²) in [6.45, 7) is 0.901. The van der Waals surface area contributed by atoms with Crippen molar-refractivity contribution in [1.82, 2.24) is 20.1 Å². The Kier molecular flexibility index (Phi) is 3.45. The normalized spacial score (nSPS) is 15.0. The summed E-state index contributed by atoms with van der Waals surface area (Å²) in [6, 6.07) is 5.80. The second kappa shape index (κ2) is 5.54. The molecule has 1 aromatic carbocycles. The van der Waals surface area contributed by atoms with Crippen LogP contribution in [0.5, 0.6) is 5.88 Å². The minimum atomic E-state index is -4.65. The monoisotopic (exact) mass is 350 g/mol. The Morgan fingerprint density at radius 2 is 2.16 bits per heavy atom. The van der Waals surface area contributed by atoms with E-state index in [-0.39, 0.29) is 11.3 Å². The molecule has 2 aromatic heterocycles. The van der Waals surface area contributed by atoms with Crippen molar-refractivity contribution >= 4 is 16.8 Å². The van der Waals surface area contributed by atoms with E-state index in [1.165, 1.54) is 16.9 Å². The average molecular weight is 350 g/mol. The van der Waals surface area contributed by atoms with E-state index in [1.54, 1.807) is 24.3 Å². The fourth-order valence-electron chi connectivity index (χ4n) is 2.90. The maximum absolute atomic E-state index is 13.6. The van der Waals surface area contributed by atoms with Crippen LogP contribution in [0.4, 0.5) is 13.2 Å². The molecule has 0 fully saturated rings. The highest BCUT2D eigenvalue weighted by Gasteiger charge is 2.43. The molecule has 1 aliphatic rings. The highest BCUT2D eigenvalue weighted by molar-refractivity contribution is 5.93. The van der Waals surface area contributed by atoms with Gasteiger partial charge in [-0.2, -0.15) is 18.3 Å². The fourth-order valence-corrected chi connectivity index (χ4v) is 2.90. The van der Waals surface area contributed by atoms with Crippen molar-refractivity contribution in [3.8, 4) is 5.88 Å². The number of nitrogens with one attached hydrogen (secondary N) is 2. The van der Waals surface area contributed by atoms with Crippen molar-refractivity contribution in [2.24, 2.45) is 0 Å². The number of aromatic nitrogens is 3. The summed E-state index contributed by atoms with van der Waals surface area (Å²) in [5.41, 5.74) is 0.415. The largest absolute Gasteiger partial charge is 0.476 e. The third-order valence-electron chi connectivity index (χ3n) is 4.06. The Labute approximate surface area is 139 Å².